The fourth-order valence-corrected chi connectivity index (χ4v) is 3.94. The quantitative estimate of drug-likeness (QED) is 0.395. The van der Waals surface area contributed by atoms with Crippen molar-refractivity contribution in [2.75, 3.05) is 17.7 Å². The lowest BCUT2D eigenvalue weighted by atomic mass is 10.0. The van der Waals surface area contributed by atoms with Gasteiger partial charge in [0.15, 0.2) is 0 Å². The lowest BCUT2D eigenvalue weighted by Gasteiger charge is -2.26. The zero-order chi connectivity index (χ0) is 22.8. The van der Waals surface area contributed by atoms with Gasteiger partial charge in [0.1, 0.15) is 17.1 Å². The van der Waals surface area contributed by atoms with Crippen LogP contribution in [0.2, 0.25) is 5.02 Å². The Morgan fingerprint density at radius 2 is 1.76 bits per heavy atom. The number of aromatic nitrogens is 2. The summed E-state index contributed by atoms with van der Waals surface area (Å²) in [5.41, 5.74) is 4.03. The van der Waals surface area contributed by atoms with E-state index in [1.54, 1.807) is 13.3 Å². The summed E-state index contributed by atoms with van der Waals surface area (Å²) >= 11 is 6.11. The number of carbonyl (C=O) groups excluding carboxylic acids is 1. The number of anilines is 2. The van der Waals surface area contributed by atoms with Crippen molar-refractivity contribution in [3.8, 4) is 5.75 Å². The first-order valence-electron chi connectivity index (χ1n) is 10.4. The Bertz CT molecular complexity index is 1310. The molecular weight excluding hydrogens is 436 g/mol. The molecule has 7 heteroatoms. The van der Waals surface area contributed by atoms with E-state index in [9.17, 15) is 4.79 Å². The molecule has 1 unspecified atom stereocenters. The van der Waals surface area contributed by atoms with E-state index in [2.05, 4.69) is 21.8 Å². The van der Waals surface area contributed by atoms with Crippen LogP contribution in [-0.4, -0.2) is 22.8 Å². The van der Waals surface area contributed by atoms with Gasteiger partial charge in [0, 0.05) is 16.4 Å². The predicted octanol–water partition coefficient (Wildman–Crippen LogP) is 5.85. The summed E-state index contributed by atoms with van der Waals surface area (Å²) in [5.74, 6) is 1.16. The monoisotopic (exact) mass is 456 g/mol. The molecule has 33 heavy (non-hydrogen) atoms. The number of methoxy groups -OCH3 is 1. The molecule has 1 atom stereocenters. The Hall–Kier alpha value is -4.03. The topological polar surface area (TPSA) is 68.2 Å². The lowest BCUT2D eigenvalue weighted by molar-refractivity contribution is 0.102. The van der Waals surface area contributed by atoms with Crippen LogP contribution in [0.3, 0.4) is 0 Å². The molecule has 0 radical (unpaired) electrons. The average molecular weight is 457 g/mol. The number of nitrogens with zero attached hydrogens (tertiary/aromatic N) is 2. The van der Waals surface area contributed by atoms with Gasteiger partial charge in [-0.1, -0.05) is 41.9 Å². The van der Waals surface area contributed by atoms with Gasteiger partial charge in [0.2, 0.25) is 0 Å². The molecule has 0 bridgehead atoms. The third-order valence-corrected chi connectivity index (χ3v) is 5.78. The van der Waals surface area contributed by atoms with Gasteiger partial charge in [0.05, 0.1) is 19.3 Å². The Balaban J connectivity index is 1.55. The van der Waals surface area contributed by atoms with Crippen LogP contribution in [0.5, 0.6) is 5.75 Å². The molecule has 164 valence electrons. The van der Waals surface area contributed by atoms with E-state index in [0.717, 1.165) is 28.3 Å². The summed E-state index contributed by atoms with van der Waals surface area (Å²) in [7, 11) is 1.64. The zero-order valence-electron chi connectivity index (χ0n) is 17.8. The highest BCUT2D eigenvalue weighted by molar-refractivity contribution is 6.30. The van der Waals surface area contributed by atoms with Gasteiger partial charge in [-0.15, -0.1) is 0 Å². The van der Waals surface area contributed by atoms with Crippen molar-refractivity contribution in [2.24, 2.45) is 0 Å². The van der Waals surface area contributed by atoms with Crippen LogP contribution in [-0.2, 0) is 0 Å². The number of halogens is 1. The maximum absolute atomic E-state index is 13.1. The molecule has 4 aromatic rings. The number of amides is 1. The molecule has 2 heterocycles. The Morgan fingerprint density at radius 3 is 2.45 bits per heavy atom. The molecule has 0 aliphatic carbocycles. The summed E-state index contributed by atoms with van der Waals surface area (Å²) in [6, 6.07) is 24.6. The van der Waals surface area contributed by atoms with Gasteiger partial charge < -0.3 is 15.4 Å². The van der Waals surface area contributed by atoms with Crippen molar-refractivity contribution in [1.29, 1.82) is 0 Å². The zero-order valence-corrected chi connectivity index (χ0v) is 18.6. The minimum Gasteiger partial charge on any atom is -0.497 e. The van der Waals surface area contributed by atoms with E-state index in [1.165, 1.54) is 0 Å². The molecule has 1 aromatic heterocycles. The molecule has 6 nitrogen and oxygen atoms in total. The fourth-order valence-electron chi connectivity index (χ4n) is 3.82. The number of allylic oxidation sites excluding steroid dienone is 1. The van der Waals surface area contributed by atoms with Crippen LogP contribution in [0.25, 0.3) is 5.70 Å². The number of hydrogen-bond donors (Lipinski definition) is 2. The van der Waals surface area contributed by atoms with Crippen LogP contribution >= 0.6 is 11.6 Å². The van der Waals surface area contributed by atoms with Crippen molar-refractivity contribution in [2.45, 2.75) is 6.04 Å². The molecule has 2 N–H and O–H groups in total. The predicted molar refractivity (Wildman–Crippen MR) is 131 cm³/mol. The number of ether oxygens (including phenoxy) is 1. The third kappa shape index (κ3) is 4.21. The lowest BCUT2D eigenvalue weighted by Crippen LogP contribution is -2.22. The summed E-state index contributed by atoms with van der Waals surface area (Å²) in [4.78, 5) is 13.1. The van der Waals surface area contributed by atoms with Crippen LogP contribution in [0, 0.1) is 0 Å². The standard InChI is InChI=1S/C26H21ClN4O2/c1-33-21-13-9-17(10-14-21)23-15-24(18-7-11-19(27)12-8-18)31-25(30-23)22(16-28-31)26(32)29-20-5-3-2-4-6-20/h2-16,24,30H,1H3,(H,29,32). The van der Waals surface area contributed by atoms with Gasteiger partial charge in [0.25, 0.3) is 5.91 Å². The van der Waals surface area contributed by atoms with E-state index < -0.39 is 0 Å². The summed E-state index contributed by atoms with van der Waals surface area (Å²) in [5, 5.41) is 11.6. The van der Waals surface area contributed by atoms with Gasteiger partial charge in [-0.2, -0.15) is 5.10 Å². The Kier molecular flexibility index (Phi) is 5.59. The highest BCUT2D eigenvalue weighted by Crippen LogP contribution is 2.36. The van der Waals surface area contributed by atoms with Gasteiger partial charge >= 0.3 is 0 Å². The second-order valence-corrected chi connectivity index (χ2v) is 8.04. The van der Waals surface area contributed by atoms with Crippen molar-refractivity contribution in [3.63, 3.8) is 0 Å². The summed E-state index contributed by atoms with van der Waals surface area (Å²) < 4.78 is 7.11. The minimum absolute atomic E-state index is 0.214. The number of para-hydroxylation sites is 1. The molecular formula is C26H21ClN4O2. The molecule has 0 spiro atoms. The van der Waals surface area contributed by atoms with E-state index in [-0.39, 0.29) is 11.9 Å². The fraction of sp³-hybridized carbons (Fsp3) is 0.0769. The molecule has 1 amide bonds. The normalized spacial score (nSPS) is 14.6. The number of carbonyl (C=O) groups is 1. The summed E-state index contributed by atoms with van der Waals surface area (Å²) in [6.45, 7) is 0. The van der Waals surface area contributed by atoms with E-state index in [0.29, 0.717) is 16.4 Å². The van der Waals surface area contributed by atoms with Crippen LogP contribution in [0.4, 0.5) is 11.5 Å². The second kappa shape index (κ2) is 8.84. The van der Waals surface area contributed by atoms with Gasteiger partial charge in [-0.25, -0.2) is 4.68 Å². The van der Waals surface area contributed by atoms with Crippen molar-refractivity contribution in [3.05, 3.63) is 113 Å². The second-order valence-electron chi connectivity index (χ2n) is 7.60. The summed E-state index contributed by atoms with van der Waals surface area (Å²) in [6.07, 6.45) is 3.68. The maximum atomic E-state index is 13.1. The smallest absolute Gasteiger partial charge is 0.261 e. The van der Waals surface area contributed by atoms with E-state index in [1.807, 2.05) is 83.5 Å². The number of benzene rings is 3. The van der Waals surface area contributed by atoms with Crippen molar-refractivity contribution < 1.29 is 9.53 Å². The molecule has 1 aliphatic rings. The third-order valence-electron chi connectivity index (χ3n) is 5.53. The van der Waals surface area contributed by atoms with Crippen LogP contribution in [0.15, 0.2) is 91.1 Å². The van der Waals surface area contributed by atoms with Gasteiger partial charge in [-0.3, -0.25) is 4.79 Å². The molecule has 0 fully saturated rings. The molecule has 0 saturated heterocycles. The first kappa shape index (κ1) is 20.8. The van der Waals surface area contributed by atoms with Crippen molar-refractivity contribution >= 4 is 34.7 Å². The molecule has 0 saturated carbocycles. The maximum Gasteiger partial charge on any atom is 0.261 e. The average Bonchev–Trinajstić information content (AvgIpc) is 3.29. The van der Waals surface area contributed by atoms with Crippen LogP contribution < -0.4 is 15.4 Å². The first-order valence-corrected chi connectivity index (χ1v) is 10.8. The number of nitrogens with one attached hydrogen (secondary N) is 2. The highest BCUT2D eigenvalue weighted by atomic mass is 35.5. The number of fused-ring (bicyclic) bond motifs is 1. The first-order chi connectivity index (χ1) is 16.1. The van der Waals surface area contributed by atoms with Crippen LogP contribution in [0.1, 0.15) is 27.5 Å². The molecule has 3 aromatic carbocycles. The highest BCUT2D eigenvalue weighted by Gasteiger charge is 2.28. The van der Waals surface area contributed by atoms with E-state index in [4.69, 9.17) is 16.3 Å². The van der Waals surface area contributed by atoms with Gasteiger partial charge in [-0.05, 0) is 65.7 Å². The Morgan fingerprint density at radius 1 is 1.03 bits per heavy atom. The Labute approximate surface area is 196 Å². The molecule has 1 aliphatic heterocycles. The van der Waals surface area contributed by atoms with Crippen molar-refractivity contribution in [1.82, 2.24) is 9.78 Å². The van der Waals surface area contributed by atoms with E-state index >= 15 is 0 Å². The number of rotatable bonds is 5. The largest absolute Gasteiger partial charge is 0.497 e. The number of hydrogen-bond acceptors (Lipinski definition) is 4. The minimum atomic E-state index is -0.235. The molecule has 5 rings (SSSR count). The SMILES string of the molecule is COc1ccc(C2=CC(c3ccc(Cl)cc3)n3ncc(C(=O)Nc4ccccc4)c3N2)cc1.